The Bertz CT molecular complexity index is 2970. The number of fused-ring (bicyclic) bond motifs is 6. The summed E-state index contributed by atoms with van der Waals surface area (Å²) >= 11 is 0. The molecule has 0 amide bonds. The Morgan fingerprint density at radius 2 is 0.717 bits per heavy atom. The molecule has 0 fully saturated rings. The lowest BCUT2D eigenvalue weighted by atomic mass is 9.86. The molecule has 0 spiro atoms. The lowest BCUT2D eigenvalue weighted by Crippen LogP contribution is -2.12. The minimum atomic E-state index is -0.0491. The second-order valence-electron chi connectivity index (χ2n) is 20.8. The molecule has 9 rings (SSSR count). The lowest BCUT2D eigenvalue weighted by molar-refractivity contribution is 0.590. The van der Waals surface area contributed by atoms with Crippen LogP contribution in [0, 0.1) is 0 Å². The lowest BCUT2D eigenvalue weighted by Gasteiger charge is -2.21. The summed E-state index contributed by atoms with van der Waals surface area (Å²) < 4.78 is 4.73. The van der Waals surface area contributed by atoms with Crippen molar-refractivity contribution in [2.24, 2.45) is 0 Å². The van der Waals surface area contributed by atoms with E-state index in [1.807, 2.05) is 6.07 Å². The van der Waals surface area contributed by atoms with Crippen LogP contribution in [0.5, 0.6) is 0 Å². The smallest absolute Gasteiger partial charge is 0.238 e. The van der Waals surface area contributed by atoms with E-state index in [-0.39, 0.29) is 21.7 Å². The number of benzene rings is 6. The first-order valence-corrected chi connectivity index (χ1v) is 21.4. The second kappa shape index (κ2) is 13.7. The van der Waals surface area contributed by atoms with Crippen LogP contribution in [0.2, 0.25) is 0 Å². The van der Waals surface area contributed by atoms with Crippen molar-refractivity contribution in [3.63, 3.8) is 0 Å². The van der Waals surface area contributed by atoms with Gasteiger partial charge in [0.15, 0.2) is 11.6 Å². The molecule has 0 saturated carbocycles. The number of hydrogen-bond acceptors (Lipinski definition) is 3. The van der Waals surface area contributed by atoms with Crippen LogP contribution in [0.15, 0.2) is 127 Å². The number of para-hydroxylation sites is 1. The molecule has 3 aromatic heterocycles. The number of aromatic nitrogens is 5. The van der Waals surface area contributed by atoms with E-state index in [0.717, 1.165) is 27.8 Å². The highest BCUT2D eigenvalue weighted by atomic mass is 15.2. The molecule has 0 aliphatic heterocycles. The molecule has 5 nitrogen and oxygen atoms in total. The third kappa shape index (κ3) is 6.78. The van der Waals surface area contributed by atoms with Crippen molar-refractivity contribution in [3.05, 3.63) is 150 Å². The van der Waals surface area contributed by atoms with Crippen molar-refractivity contribution in [1.82, 2.24) is 24.1 Å². The van der Waals surface area contributed by atoms with Gasteiger partial charge in [-0.25, -0.2) is 4.98 Å². The van der Waals surface area contributed by atoms with Crippen LogP contribution in [0.25, 0.3) is 78.0 Å². The largest absolute Gasteiger partial charge is 0.308 e. The van der Waals surface area contributed by atoms with Gasteiger partial charge in [-0.1, -0.05) is 174 Å². The Labute approximate surface area is 355 Å². The molecular formula is C55H57N5. The van der Waals surface area contributed by atoms with E-state index in [9.17, 15) is 0 Å². The maximum absolute atomic E-state index is 5.53. The average molecular weight is 788 g/mol. The van der Waals surface area contributed by atoms with Gasteiger partial charge in [0.25, 0.3) is 0 Å². The van der Waals surface area contributed by atoms with Crippen LogP contribution in [0.4, 0.5) is 0 Å². The second-order valence-corrected chi connectivity index (χ2v) is 20.8. The summed E-state index contributed by atoms with van der Waals surface area (Å²) in [5, 5.41) is 4.81. The van der Waals surface area contributed by atoms with Crippen LogP contribution in [0.1, 0.15) is 105 Å². The zero-order chi connectivity index (χ0) is 42.5. The van der Waals surface area contributed by atoms with Crippen molar-refractivity contribution in [1.29, 1.82) is 0 Å². The first-order chi connectivity index (χ1) is 28.3. The monoisotopic (exact) mass is 787 g/mol. The molecule has 3 heterocycles. The van der Waals surface area contributed by atoms with E-state index in [1.54, 1.807) is 0 Å². The quantitative estimate of drug-likeness (QED) is 0.178. The van der Waals surface area contributed by atoms with Gasteiger partial charge in [-0.05, 0) is 80.3 Å². The third-order valence-corrected chi connectivity index (χ3v) is 12.2. The highest BCUT2D eigenvalue weighted by Gasteiger charge is 2.26. The number of hydrogen-bond donors (Lipinski definition) is 0. The third-order valence-electron chi connectivity index (χ3n) is 12.2. The summed E-state index contributed by atoms with van der Waals surface area (Å²) in [6, 6.07) is 46.7. The molecule has 60 heavy (non-hydrogen) atoms. The summed E-state index contributed by atoms with van der Waals surface area (Å²) in [7, 11) is 0. The van der Waals surface area contributed by atoms with Gasteiger partial charge in [0.1, 0.15) is 0 Å². The van der Waals surface area contributed by atoms with E-state index in [1.165, 1.54) is 54.8 Å². The minimum absolute atomic E-state index is 0.0265. The number of nitrogens with zero attached hydrogens (tertiary/aromatic N) is 5. The average Bonchev–Trinajstić information content (AvgIpc) is 3.71. The van der Waals surface area contributed by atoms with Gasteiger partial charge in [-0.15, -0.1) is 0 Å². The Hall–Kier alpha value is -6.07. The standard InChI is InChI=1S/C55H57N5/c1-52(2,3)35-22-26-39-40-27-23-36(53(4,5)6)31-46(40)59(45(39)30-35)44-21-17-16-20-43(44)50-56-49(34-18-14-13-15-19-34)57-51(58-50)60-47-32-37(54(7,8)9)24-28-41(47)42-29-25-38(33-48(42)60)55(10,11)12/h13-33H,1-12H3. The first kappa shape index (κ1) is 39.4. The van der Waals surface area contributed by atoms with Gasteiger partial charge in [-0.3, -0.25) is 4.57 Å². The summed E-state index contributed by atoms with van der Waals surface area (Å²) in [6.45, 7) is 27.3. The molecule has 9 aromatic rings. The fourth-order valence-corrected chi connectivity index (χ4v) is 8.54. The summed E-state index contributed by atoms with van der Waals surface area (Å²) in [5.41, 5.74) is 12.3. The molecule has 0 saturated heterocycles. The maximum atomic E-state index is 5.53. The minimum Gasteiger partial charge on any atom is -0.308 e. The highest BCUT2D eigenvalue weighted by molar-refractivity contribution is 6.11. The van der Waals surface area contributed by atoms with E-state index >= 15 is 0 Å². The Balaban J connectivity index is 1.39. The SMILES string of the molecule is CC(C)(C)c1ccc2c3ccc(C(C)(C)C)cc3n(-c3nc(-c4ccccc4)nc(-c4ccccc4-n4c5cc(C(C)(C)C)ccc5c5ccc(C(C)(C)C)cc54)n3)c2c1. The summed E-state index contributed by atoms with van der Waals surface area (Å²) in [5.74, 6) is 1.85. The summed E-state index contributed by atoms with van der Waals surface area (Å²) in [4.78, 5) is 16.2. The number of rotatable bonds is 4. The van der Waals surface area contributed by atoms with E-state index in [4.69, 9.17) is 15.0 Å². The predicted molar refractivity (Wildman–Crippen MR) is 254 cm³/mol. The molecule has 0 aliphatic carbocycles. The topological polar surface area (TPSA) is 48.5 Å². The van der Waals surface area contributed by atoms with Crippen LogP contribution < -0.4 is 0 Å². The van der Waals surface area contributed by atoms with Crippen LogP contribution in [-0.2, 0) is 21.7 Å². The molecule has 0 aliphatic rings. The van der Waals surface area contributed by atoms with Crippen LogP contribution >= 0.6 is 0 Å². The van der Waals surface area contributed by atoms with Gasteiger partial charge in [0, 0.05) is 32.7 Å². The van der Waals surface area contributed by atoms with Crippen molar-refractivity contribution in [2.45, 2.75) is 105 Å². The zero-order valence-electron chi connectivity index (χ0n) is 37.4. The maximum Gasteiger partial charge on any atom is 0.238 e. The Kier molecular flexibility index (Phi) is 9.02. The van der Waals surface area contributed by atoms with Gasteiger partial charge in [-0.2, -0.15) is 9.97 Å². The van der Waals surface area contributed by atoms with E-state index in [0.29, 0.717) is 17.6 Å². The molecule has 0 bridgehead atoms. The van der Waals surface area contributed by atoms with Crippen molar-refractivity contribution in [2.75, 3.05) is 0 Å². The normalized spacial score (nSPS) is 13.0. The predicted octanol–water partition coefficient (Wildman–Crippen LogP) is 14.6. The molecule has 302 valence electrons. The molecular weight excluding hydrogens is 731 g/mol. The van der Waals surface area contributed by atoms with Crippen LogP contribution in [0.3, 0.4) is 0 Å². The van der Waals surface area contributed by atoms with Gasteiger partial charge >= 0.3 is 0 Å². The zero-order valence-corrected chi connectivity index (χ0v) is 37.4. The van der Waals surface area contributed by atoms with Crippen molar-refractivity contribution < 1.29 is 0 Å². The van der Waals surface area contributed by atoms with E-state index in [2.05, 4.69) is 214 Å². The Morgan fingerprint density at radius 1 is 0.350 bits per heavy atom. The van der Waals surface area contributed by atoms with Gasteiger partial charge < -0.3 is 4.57 Å². The highest BCUT2D eigenvalue weighted by Crippen LogP contribution is 2.41. The Morgan fingerprint density at radius 3 is 1.13 bits per heavy atom. The fraction of sp³-hybridized carbons (Fsp3) is 0.291. The molecule has 5 heteroatoms. The molecule has 0 atom stereocenters. The van der Waals surface area contributed by atoms with Gasteiger partial charge in [0.2, 0.25) is 5.95 Å². The molecule has 6 aromatic carbocycles. The molecule has 0 unspecified atom stereocenters. The van der Waals surface area contributed by atoms with Crippen molar-refractivity contribution in [3.8, 4) is 34.4 Å². The van der Waals surface area contributed by atoms with E-state index < -0.39 is 0 Å². The first-order valence-electron chi connectivity index (χ1n) is 21.4. The molecule has 0 N–H and O–H groups in total. The molecule has 0 radical (unpaired) electrons. The van der Waals surface area contributed by atoms with Gasteiger partial charge in [0.05, 0.1) is 27.8 Å². The van der Waals surface area contributed by atoms with Crippen LogP contribution in [-0.4, -0.2) is 24.1 Å². The summed E-state index contributed by atoms with van der Waals surface area (Å²) in [6.07, 6.45) is 0. The van der Waals surface area contributed by atoms with Crippen molar-refractivity contribution >= 4 is 43.6 Å². The fourth-order valence-electron chi connectivity index (χ4n) is 8.54.